The quantitative estimate of drug-likeness (QED) is 0.532. The van der Waals surface area contributed by atoms with E-state index >= 15 is 0 Å². The predicted octanol–water partition coefficient (Wildman–Crippen LogP) is 4.22. The van der Waals surface area contributed by atoms with Gasteiger partial charge in [-0.1, -0.05) is 24.8 Å². The Morgan fingerprint density at radius 3 is 2.55 bits per heavy atom. The van der Waals surface area contributed by atoms with Crippen LogP contribution in [0.3, 0.4) is 0 Å². The maximum Gasteiger partial charge on any atom is 0.123 e. The Morgan fingerprint density at radius 2 is 1.90 bits per heavy atom. The fraction of sp³-hybridized carbons (Fsp3) is 0.348. The number of hydrogen-bond acceptors (Lipinski definition) is 4. The molecule has 3 aromatic rings. The molecule has 1 aromatic heterocycles. The van der Waals surface area contributed by atoms with Crippen molar-refractivity contribution < 1.29 is 9.13 Å². The number of aromatic nitrogens is 2. The van der Waals surface area contributed by atoms with Crippen molar-refractivity contribution >= 4 is 11.0 Å². The van der Waals surface area contributed by atoms with E-state index in [2.05, 4.69) is 22.5 Å². The Bertz CT molecular complexity index is 992. The molecular formula is C23H29FN4O. The number of nitrogens with two attached hydrogens (primary N) is 1. The molecule has 0 atom stereocenters. The average Bonchev–Trinajstić information content (AvgIpc) is 3.04. The Morgan fingerprint density at radius 1 is 1.21 bits per heavy atom. The van der Waals surface area contributed by atoms with Crippen molar-refractivity contribution in [1.29, 1.82) is 0 Å². The van der Waals surface area contributed by atoms with Crippen LogP contribution in [0.2, 0.25) is 0 Å². The SMILES string of the molecule is C=C(N)C(C)(C)NCc1nc2ccc(-c3ccc(F)cc3)cc2n1CCOCC. The van der Waals surface area contributed by atoms with Crippen molar-refractivity contribution in [2.45, 2.75) is 39.4 Å². The Hall–Kier alpha value is -2.70. The fourth-order valence-electron chi connectivity index (χ4n) is 3.09. The Kier molecular flexibility index (Phi) is 6.35. The molecule has 3 N–H and O–H groups in total. The zero-order chi connectivity index (χ0) is 21.0. The number of benzene rings is 2. The molecule has 0 fully saturated rings. The second kappa shape index (κ2) is 8.76. The van der Waals surface area contributed by atoms with Gasteiger partial charge >= 0.3 is 0 Å². The second-order valence-electron chi connectivity index (χ2n) is 7.59. The van der Waals surface area contributed by atoms with Gasteiger partial charge in [-0.05, 0) is 56.2 Å². The van der Waals surface area contributed by atoms with Crippen molar-refractivity contribution in [2.75, 3.05) is 13.2 Å². The van der Waals surface area contributed by atoms with Crippen LogP contribution in [0.5, 0.6) is 0 Å². The normalized spacial score (nSPS) is 11.9. The molecule has 0 amide bonds. The molecule has 0 unspecified atom stereocenters. The monoisotopic (exact) mass is 396 g/mol. The lowest BCUT2D eigenvalue weighted by atomic mass is 10.0. The van der Waals surface area contributed by atoms with Crippen molar-refractivity contribution in [3.63, 3.8) is 0 Å². The average molecular weight is 397 g/mol. The van der Waals surface area contributed by atoms with Crippen molar-refractivity contribution in [1.82, 2.24) is 14.9 Å². The maximum atomic E-state index is 13.3. The molecule has 5 nitrogen and oxygen atoms in total. The first-order chi connectivity index (χ1) is 13.8. The molecule has 0 aliphatic carbocycles. The van der Waals surface area contributed by atoms with Gasteiger partial charge in [0, 0.05) is 18.8 Å². The zero-order valence-electron chi connectivity index (χ0n) is 17.3. The van der Waals surface area contributed by atoms with Gasteiger partial charge in [-0.15, -0.1) is 0 Å². The molecule has 0 aliphatic rings. The lowest BCUT2D eigenvalue weighted by molar-refractivity contribution is 0.139. The molecule has 154 valence electrons. The van der Waals surface area contributed by atoms with Crippen molar-refractivity contribution in [3.8, 4) is 11.1 Å². The minimum atomic E-state index is -0.401. The van der Waals surface area contributed by atoms with Gasteiger partial charge in [-0.3, -0.25) is 5.32 Å². The van der Waals surface area contributed by atoms with Crippen molar-refractivity contribution in [2.24, 2.45) is 5.73 Å². The van der Waals surface area contributed by atoms with Crippen LogP contribution in [0.15, 0.2) is 54.7 Å². The molecular weight excluding hydrogens is 367 g/mol. The summed E-state index contributed by atoms with van der Waals surface area (Å²) in [6, 6.07) is 12.6. The maximum absolute atomic E-state index is 13.3. The number of imidazole rings is 1. The summed E-state index contributed by atoms with van der Waals surface area (Å²) in [4.78, 5) is 4.82. The van der Waals surface area contributed by atoms with E-state index < -0.39 is 5.54 Å². The van der Waals surface area contributed by atoms with E-state index in [4.69, 9.17) is 15.5 Å². The summed E-state index contributed by atoms with van der Waals surface area (Å²) in [5.41, 5.74) is 10.0. The van der Waals surface area contributed by atoms with Crippen LogP contribution in [0.25, 0.3) is 22.2 Å². The van der Waals surface area contributed by atoms with Gasteiger partial charge in [0.05, 0.1) is 29.7 Å². The van der Waals surface area contributed by atoms with Gasteiger partial charge in [-0.2, -0.15) is 0 Å². The first-order valence-corrected chi connectivity index (χ1v) is 9.84. The van der Waals surface area contributed by atoms with E-state index in [-0.39, 0.29) is 5.82 Å². The third-order valence-corrected chi connectivity index (χ3v) is 5.16. The van der Waals surface area contributed by atoms with Gasteiger partial charge < -0.3 is 15.0 Å². The molecule has 3 rings (SSSR count). The summed E-state index contributed by atoms with van der Waals surface area (Å²) >= 11 is 0. The Balaban J connectivity index is 1.98. The second-order valence-corrected chi connectivity index (χ2v) is 7.59. The van der Waals surface area contributed by atoms with Crippen LogP contribution in [0.4, 0.5) is 4.39 Å². The van der Waals surface area contributed by atoms with Gasteiger partial charge in [0.2, 0.25) is 0 Å². The summed E-state index contributed by atoms with van der Waals surface area (Å²) < 4.78 is 21.0. The number of rotatable bonds is 9. The highest BCUT2D eigenvalue weighted by molar-refractivity contribution is 5.82. The van der Waals surface area contributed by atoms with Crippen LogP contribution in [0, 0.1) is 5.82 Å². The highest BCUT2D eigenvalue weighted by atomic mass is 19.1. The molecule has 0 bridgehead atoms. The molecule has 29 heavy (non-hydrogen) atoms. The number of halogens is 1. The van der Waals surface area contributed by atoms with Crippen LogP contribution < -0.4 is 11.1 Å². The van der Waals surface area contributed by atoms with E-state index in [1.54, 1.807) is 12.1 Å². The van der Waals surface area contributed by atoms with Crippen LogP contribution in [-0.4, -0.2) is 28.3 Å². The number of nitrogens with one attached hydrogen (secondary N) is 1. The number of fused-ring (bicyclic) bond motifs is 1. The fourth-order valence-corrected chi connectivity index (χ4v) is 3.09. The first kappa shape index (κ1) is 21.0. The number of hydrogen-bond donors (Lipinski definition) is 2. The van der Waals surface area contributed by atoms with E-state index in [9.17, 15) is 4.39 Å². The molecule has 0 aliphatic heterocycles. The van der Waals surface area contributed by atoms with Crippen molar-refractivity contribution in [3.05, 3.63) is 66.4 Å². The Labute approximate surface area is 171 Å². The molecule has 1 heterocycles. The van der Waals surface area contributed by atoms with E-state index in [1.807, 2.05) is 32.9 Å². The molecule has 0 spiro atoms. The third-order valence-electron chi connectivity index (χ3n) is 5.16. The smallest absolute Gasteiger partial charge is 0.123 e. The summed E-state index contributed by atoms with van der Waals surface area (Å²) in [5.74, 6) is 0.666. The van der Waals surface area contributed by atoms with Gasteiger partial charge in [0.25, 0.3) is 0 Å². The summed E-state index contributed by atoms with van der Waals surface area (Å²) in [5, 5.41) is 3.43. The lowest BCUT2D eigenvalue weighted by Crippen LogP contribution is -2.43. The van der Waals surface area contributed by atoms with E-state index in [0.717, 1.165) is 28.0 Å². The summed E-state index contributed by atoms with van der Waals surface area (Å²) in [7, 11) is 0. The highest BCUT2D eigenvalue weighted by Crippen LogP contribution is 2.26. The van der Waals surface area contributed by atoms with Gasteiger partial charge in [-0.25, -0.2) is 9.37 Å². The molecule has 6 heteroatoms. The van der Waals surface area contributed by atoms with Gasteiger partial charge in [0.15, 0.2) is 0 Å². The number of nitrogens with zero attached hydrogens (tertiary/aromatic N) is 2. The molecule has 0 saturated carbocycles. The van der Waals surface area contributed by atoms with Crippen LogP contribution >= 0.6 is 0 Å². The zero-order valence-corrected chi connectivity index (χ0v) is 17.3. The van der Waals surface area contributed by atoms with E-state index in [1.165, 1.54) is 12.1 Å². The minimum absolute atomic E-state index is 0.242. The van der Waals surface area contributed by atoms with Crippen LogP contribution in [0.1, 0.15) is 26.6 Å². The standard InChI is InChI=1S/C23H29FN4O/c1-5-29-13-12-28-21-14-18(17-6-9-19(24)10-7-17)8-11-20(21)27-22(28)15-26-23(3,4)16(2)25/h6-11,14,26H,2,5,12-13,15,25H2,1,3-4H3. The molecule has 0 saturated heterocycles. The largest absolute Gasteiger partial charge is 0.401 e. The number of ether oxygens (including phenoxy) is 1. The molecule has 0 radical (unpaired) electrons. The van der Waals surface area contributed by atoms with E-state index in [0.29, 0.717) is 32.0 Å². The summed E-state index contributed by atoms with van der Waals surface area (Å²) in [6.45, 7) is 12.3. The minimum Gasteiger partial charge on any atom is -0.401 e. The molecule has 2 aromatic carbocycles. The summed E-state index contributed by atoms with van der Waals surface area (Å²) in [6.07, 6.45) is 0. The predicted molar refractivity (Wildman–Crippen MR) is 116 cm³/mol. The first-order valence-electron chi connectivity index (χ1n) is 9.84. The third kappa shape index (κ3) is 4.83. The lowest BCUT2D eigenvalue weighted by Gasteiger charge is -2.26. The topological polar surface area (TPSA) is 65.1 Å². The van der Waals surface area contributed by atoms with Gasteiger partial charge in [0.1, 0.15) is 11.6 Å². The highest BCUT2D eigenvalue weighted by Gasteiger charge is 2.20. The van der Waals surface area contributed by atoms with Crippen LogP contribution in [-0.2, 0) is 17.8 Å².